The molecule has 144 valence electrons. The summed E-state index contributed by atoms with van der Waals surface area (Å²) in [5.41, 5.74) is 0.861. The van der Waals surface area contributed by atoms with E-state index in [1.165, 1.54) is 6.07 Å². The molecule has 7 heteroatoms. The van der Waals surface area contributed by atoms with Crippen molar-refractivity contribution in [3.63, 3.8) is 0 Å². The van der Waals surface area contributed by atoms with Gasteiger partial charge in [0.2, 0.25) is 0 Å². The zero-order chi connectivity index (χ0) is 20.1. The van der Waals surface area contributed by atoms with Crippen molar-refractivity contribution in [1.82, 2.24) is 9.55 Å². The van der Waals surface area contributed by atoms with Crippen LogP contribution in [0.15, 0.2) is 60.4 Å². The van der Waals surface area contributed by atoms with Crippen LogP contribution < -0.4 is 5.32 Å². The summed E-state index contributed by atoms with van der Waals surface area (Å²) in [4.78, 5) is 17.4. The average Bonchev–Trinajstić information content (AvgIpc) is 3.06. The number of hydrogen-bond donors (Lipinski definition) is 2. The number of rotatable bonds is 2. The van der Waals surface area contributed by atoms with E-state index in [0.29, 0.717) is 12.1 Å². The molecule has 29 heavy (non-hydrogen) atoms. The van der Waals surface area contributed by atoms with Crippen molar-refractivity contribution < 1.29 is 18.7 Å². The number of aryl methyl sites for hydroxylation is 1. The standard InChI is InChI=1S/C22H15F2N3O2/c23-14-6-3-7-15(24)20(14)26-22(29)19-18(28)8-9-27-17-11-13-5-2-1-4-12(13)10-16(17)25-21(19)27/h1-7,10-11,28H,8-9H2,(H,26,29). The molecule has 0 unspecified atom stereocenters. The smallest absolute Gasteiger partial charge is 0.263 e. The number of aliphatic hydroxyl groups excluding tert-OH is 1. The minimum Gasteiger partial charge on any atom is -0.511 e. The van der Waals surface area contributed by atoms with Crippen LogP contribution in [-0.4, -0.2) is 20.6 Å². The second-order valence-electron chi connectivity index (χ2n) is 6.90. The summed E-state index contributed by atoms with van der Waals surface area (Å²) in [5, 5.41) is 14.7. The number of carbonyl (C=O) groups is 1. The van der Waals surface area contributed by atoms with E-state index in [4.69, 9.17) is 0 Å². The lowest BCUT2D eigenvalue weighted by atomic mass is 10.1. The van der Waals surface area contributed by atoms with Crippen molar-refractivity contribution in [2.75, 3.05) is 5.32 Å². The summed E-state index contributed by atoms with van der Waals surface area (Å²) in [5.74, 6) is -2.49. The molecule has 1 amide bonds. The molecule has 5 nitrogen and oxygen atoms in total. The van der Waals surface area contributed by atoms with Gasteiger partial charge in [-0.2, -0.15) is 0 Å². The van der Waals surface area contributed by atoms with Gasteiger partial charge in [0.15, 0.2) is 0 Å². The lowest BCUT2D eigenvalue weighted by molar-refractivity contribution is -0.111. The second kappa shape index (κ2) is 6.41. The van der Waals surface area contributed by atoms with Crippen LogP contribution in [0.3, 0.4) is 0 Å². The molecule has 5 rings (SSSR count). The molecule has 0 bridgehead atoms. The van der Waals surface area contributed by atoms with Crippen molar-refractivity contribution in [1.29, 1.82) is 0 Å². The molecule has 0 radical (unpaired) electrons. The quantitative estimate of drug-likeness (QED) is 0.517. The number of halogens is 2. The molecule has 2 heterocycles. The van der Waals surface area contributed by atoms with Gasteiger partial charge >= 0.3 is 0 Å². The van der Waals surface area contributed by atoms with Crippen LogP contribution in [-0.2, 0) is 11.3 Å². The first kappa shape index (κ1) is 17.4. The zero-order valence-corrected chi connectivity index (χ0v) is 15.1. The molecule has 0 saturated heterocycles. The third kappa shape index (κ3) is 2.74. The van der Waals surface area contributed by atoms with Gasteiger partial charge in [0.05, 0.1) is 11.0 Å². The highest BCUT2D eigenvalue weighted by atomic mass is 19.1. The van der Waals surface area contributed by atoms with E-state index in [1.54, 1.807) is 0 Å². The van der Waals surface area contributed by atoms with E-state index in [2.05, 4.69) is 10.3 Å². The third-order valence-electron chi connectivity index (χ3n) is 5.13. The van der Waals surface area contributed by atoms with Crippen molar-refractivity contribution in [3.05, 3.63) is 77.8 Å². The zero-order valence-electron chi connectivity index (χ0n) is 15.1. The molecule has 0 saturated carbocycles. The molecule has 0 atom stereocenters. The number of nitrogens with one attached hydrogen (secondary N) is 1. The Kier molecular flexibility index (Phi) is 3.84. The Morgan fingerprint density at radius 3 is 2.45 bits per heavy atom. The van der Waals surface area contributed by atoms with E-state index < -0.39 is 23.2 Å². The predicted octanol–water partition coefficient (Wildman–Crippen LogP) is 4.78. The fraction of sp³-hybridized carbons (Fsp3) is 0.0909. The van der Waals surface area contributed by atoms with E-state index in [0.717, 1.165) is 28.4 Å². The maximum absolute atomic E-state index is 13.9. The van der Waals surface area contributed by atoms with Gasteiger partial charge in [0, 0.05) is 13.0 Å². The number of aromatic nitrogens is 2. The summed E-state index contributed by atoms with van der Waals surface area (Å²) >= 11 is 0. The average molecular weight is 391 g/mol. The van der Waals surface area contributed by atoms with Crippen molar-refractivity contribution in [2.24, 2.45) is 0 Å². The Labute approximate surface area is 163 Å². The molecular weight excluding hydrogens is 376 g/mol. The molecule has 2 N–H and O–H groups in total. The van der Waals surface area contributed by atoms with Crippen LogP contribution >= 0.6 is 0 Å². The Balaban J connectivity index is 1.63. The van der Waals surface area contributed by atoms with Gasteiger partial charge in [-0.25, -0.2) is 13.8 Å². The van der Waals surface area contributed by atoms with Crippen LogP contribution in [0.1, 0.15) is 12.2 Å². The molecule has 0 spiro atoms. The Hall–Kier alpha value is -3.74. The molecule has 0 aliphatic carbocycles. The fourth-order valence-corrected chi connectivity index (χ4v) is 3.73. The number of anilines is 1. The van der Waals surface area contributed by atoms with Gasteiger partial charge in [-0.1, -0.05) is 30.3 Å². The molecule has 1 aromatic heterocycles. The highest BCUT2D eigenvalue weighted by Crippen LogP contribution is 2.32. The van der Waals surface area contributed by atoms with Gasteiger partial charge in [0.1, 0.15) is 34.5 Å². The van der Waals surface area contributed by atoms with Crippen LogP contribution in [0.5, 0.6) is 0 Å². The number of aliphatic hydroxyl groups is 1. The highest BCUT2D eigenvalue weighted by Gasteiger charge is 2.29. The molecule has 1 aliphatic heterocycles. The van der Waals surface area contributed by atoms with Crippen LogP contribution in [0.25, 0.3) is 27.4 Å². The number of carbonyl (C=O) groups excluding carboxylic acids is 1. The number of amides is 1. The SMILES string of the molecule is O=C(Nc1c(F)cccc1F)C1=C(O)CCn2c1nc1cc3ccccc3cc12. The third-order valence-corrected chi connectivity index (χ3v) is 5.13. The number of imidazole rings is 1. The van der Waals surface area contributed by atoms with E-state index in [9.17, 15) is 18.7 Å². The van der Waals surface area contributed by atoms with Gasteiger partial charge in [-0.05, 0) is 35.0 Å². The van der Waals surface area contributed by atoms with Crippen LogP contribution in [0.2, 0.25) is 0 Å². The predicted molar refractivity (Wildman–Crippen MR) is 106 cm³/mol. The monoisotopic (exact) mass is 391 g/mol. The van der Waals surface area contributed by atoms with E-state index in [1.807, 2.05) is 41.0 Å². The lowest BCUT2D eigenvalue weighted by Crippen LogP contribution is -2.23. The first-order valence-corrected chi connectivity index (χ1v) is 9.10. The summed E-state index contributed by atoms with van der Waals surface area (Å²) in [6.07, 6.45) is 0.216. The molecular formula is C22H15F2N3O2. The second-order valence-corrected chi connectivity index (χ2v) is 6.90. The van der Waals surface area contributed by atoms with E-state index in [-0.39, 0.29) is 23.6 Å². The summed E-state index contributed by atoms with van der Waals surface area (Å²) < 4.78 is 29.7. The number of para-hydroxylation sites is 1. The number of benzene rings is 3. The Bertz CT molecular complexity index is 1320. The minimum atomic E-state index is -0.894. The van der Waals surface area contributed by atoms with Crippen LogP contribution in [0, 0.1) is 11.6 Å². The number of hydrogen-bond acceptors (Lipinski definition) is 3. The topological polar surface area (TPSA) is 67.2 Å². The van der Waals surface area contributed by atoms with Crippen molar-refractivity contribution >= 4 is 39.0 Å². The molecule has 4 aromatic rings. The maximum Gasteiger partial charge on any atom is 0.263 e. The number of fused-ring (bicyclic) bond motifs is 4. The summed E-state index contributed by atoms with van der Waals surface area (Å²) in [6.45, 7) is 0.445. The van der Waals surface area contributed by atoms with Crippen LogP contribution in [0.4, 0.5) is 14.5 Å². The fourth-order valence-electron chi connectivity index (χ4n) is 3.73. The normalized spacial score (nSPS) is 13.7. The summed E-state index contributed by atoms with van der Waals surface area (Å²) in [7, 11) is 0. The maximum atomic E-state index is 13.9. The Morgan fingerprint density at radius 2 is 1.72 bits per heavy atom. The van der Waals surface area contributed by atoms with E-state index >= 15 is 0 Å². The summed E-state index contributed by atoms with van der Waals surface area (Å²) in [6, 6.07) is 15.0. The minimum absolute atomic E-state index is 0.0841. The molecule has 0 fully saturated rings. The van der Waals surface area contributed by atoms with Gasteiger partial charge < -0.3 is 15.0 Å². The highest BCUT2D eigenvalue weighted by molar-refractivity contribution is 6.25. The molecule has 1 aliphatic rings. The number of nitrogens with zero attached hydrogens (tertiary/aromatic N) is 2. The largest absolute Gasteiger partial charge is 0.511 e. The van der Waals surface area contributed by atoms with Crippen molar-refractivity contribution in [3.8, 4) is 0 Å². The molecule has 3 aromatic carbocycles. The van der Waals surface area contributed by atoms with Gasteiger partial charge in [-0.15, -0.1) is 0 Å². The first-order chi connectivity index (χ1) is 14.0. The number of allylic oxidation sites excluding steroid dienone is 1. The first-order valence-electron chi connectivity index (χ1n) is 9.10. The van der Waals surface area contributed by atoms with Gasteiger partial charge in [0.25, 0.3) is 5.91 Å². The van der Waals surface area contributed by atoms with Crippen molar-refractivity contribution in [2.45, 2.75) is 13.0 Å². The lowest BCUT2D eigenvalue weighted by Gasteiger charge is -2.19. The Morgan fingerprint density at radius 1 is 1.03 bits per heavy atom. The van der Waals surface area contributed by atoms with Gasteiger partial charge in [-0.3, -0.25) is 4.79 Å².